The van der Waals surface area contributed by atoms with Crippen molar-refractivity contribution < 1.29 is 9.59 Å². The standard InChI is InChI=1S/C12H15N3O2/c1-12(2)11(17)14-9-5-7(6-10(13)16)3-4-8(9)15-12/h3-5,15H,6H2,1-2H3,(H2,13,16)(H,14,17). The van der Waals surface area contributed by atoms with Crippen molar-refractivity contribution in [1.29, 1.82) is 0 Å². The lowest BCUT2D eigenvalue weighted by Crippen LogP contribution is -2.47. The molecule has 0 aromatic heterocycles. The van der Waals surface area contributed by atoms with Gasteiger partial charge in [0.05, 0.1) is 17.8 Å². The summed E-state index contributed by atoms with van der Waals surface area (Å²) in [6.45, 7) is 3.62. The maximum absolute atomic E-state index is 11.7. The molecule has 1 aliphatic heterocycles. The molecule has 2 amide bonds. The quantitative estimate of drug-likeness (QED) is 0.708. The van der Waals surface area contributed by atoms with E-state index in [0.717, 1.165) is 11.3 Å². The van der Waals surface area contributed by atoms with Gasteiger partial charge in [-0.25, -0.2) is 0 Å². The largest absolute Gasteiger partial charge is 0.370 e. The smallest absolute Gasteiger partial charge is 0.249 e. The van der Waals surface area contributed by atoms with Crippen molar-refractivity contribution in [3.05, 3.63) is 23.8 Å². The van der Waals surface area contributed by atoms with Crippen LogP contribution in [0.4, 0.5) is 11.4 Å². The molecular weight excluding hydrogens is 218 g/mol. The van der Waals surface area contributed by atoms with Crippen LogP contribution in [0.15, 0.2) is 18.2 Å². The van der Waals surface area contributed by atoms with Gasteiger partial charge in [0.2, 0.25) is 11.8 Å². The molecule has 0 spiro atoms. The summed E-state index contributed by atoms with van der Waals surface area (Å²) in [5.41, 5.74) is 6.83. The summed E-state index contributed by atoms with van der Waals surface area (Å²) in [5, 5.41) is 5.95. The first-order valence-corrected chi connectivity index (χ1v) is 5.39. The number of primary amides is 1. The summed E-state index contributed by atoms with van der Waals surface area (Å²) >= 11 is 0. The van der Waals surface area contributed by atoms with Crippen LogP contribution in [0.25, 0.3) is 0 Å². The Morgan fingerprint density at radius 2 is 2.06 bits per heavy atom. The molecule has 1 heterocycles. The zero-order chi connectivity index (χ0) is 12.6. The molecule has 4 N–H and O–H groups in total. The number of carbonyl (C=O) groups excluding carboxylic acids is 2. The third kappa shape index (κ3) is 2.22. The van der Waals surface area contributed by atoms with Gasteiger partial charge in [-0.3, -0.25) is 9.59 Å². The first kappa shape index (κ1) is 11.4. The summed E-state index contributed by atoms with van der Waals surface area (Å²) in [5.74, 6) is -0.485. The Labute approximate surface area is 99.4 Å². The average molecular weight is 233 g/mol. The van der Waals surface area contributed by atoms with Crippen molar-refractivity contribution >= 4 is 23.2 Å². The highest BCUT2D eigenvalue weighted by atomic mass is 16.2. The number of carbonyl (C=O) groups is 2. The van der Waals surface area contributed by atoms with Crippen LogP contribution < -0.4 is 16.4 Å². The fraction of sp³-hybridized carbons (Fsp3) is 0.333. The predicted molar refractivity (Wildman–Crippen MR) is 65.7 cm³/mol. The Balaban J connectivity index is 2.32. The highest BCUT2D eigenvalue weighted by Crippen LogP contribution is 2.31. The minimum atomic E-state index is -0.627. The third-order valence-corrected chi connectivity index (χ3v) is 2.73. The van der Waals surface area contributed by atoms with Crippen LogP contribution in [0.1, 0.15) is 19.4 Å². The lowest BCUT2D eigenvalue weighted by atomic mass is 9.99. The lowest BCUT2D eigenvalue weighted by molar-refractivity contribution is -0.119. The normalized spacial score (nSPS) is 16.7. The molecule has 0 fully saturated rings. The van der Waals surface area contributed by atoms with Crippen LogP contribution in [-0.2, 0) is 16.0 Å². The van der Waals surface area contributed by atoms with Crippen LogP contribution in [-0.4, -0.2) is 17.4 Å². The Kier molecular flexibility index (Phi) is 2.53. The number of hydrogen-bond donors (Lipinski definition) is 3. The number of nitrogens with one attached hydrogen (secondary N) is 2. The first-order chi connectivity index (χ1) is 7.88. The molecule has 5 heteroatoms. The van der Waals surface area contributed by atoms with Crippen molar-refractivity contribution in [1.82, 2.24) is 0 Å². The van der Waals surface area contributed by atoms with Gasteiger partial charge in [0.1, 0.15) is 5.54 Å². The summed E-state index contributed by atoms with van der Waals surface area (Å²) in [7, 11) is 0. The summed E-state index contributed by atoms with van der Waals surface area (Å²) in [6.07, 6.45) is 0.173. The highest BCUT2D eigenvalue weighted by Gasteiger charge is 2.32. The van der Waals surface area contributed by atoms with Crippen molar-refractivity contribution in [2.75, 3.05) is 10.6 Å². The summed E-state index contributed by atoms with van der Waals surface area (Å²) in [6, 6.07) is 5.43. The molecule has 0 unspecified atom stereocenters. The Bertz CT molecular complexity index is 495. The van der Waals surface area contributed by atoms with E-state index in [0.29, 0.717) is 5.69 Å². The number of nitrogens with two attached hydrogens (primary N) is 1. The van der Waals surface area contributed by atoms with Crippen LogP contribution in [0.5, 0.6) is 0 Å². The van der Waals surface area contributed by atoms with Crippen LogP contribution >= 0.6 is 0 Å². The number of anilines is 2. The second-order valence-electron chi connectivity index (χ2n) is 4.73. The van der Waals surface area contributed by atoms with E-state index < -0.39 is 5.54 Å². The molecule has 0 atom stereocenters. The average Bonchev–Trinajstić information content (AvgIpc) is 2.19. The SMILES string of the molecule is CC1(C)Nc2ccc(CC(N)=O)cc2NC1=O. The maximum atomic E-state index is 11.7. The van der Waals surface area contributed by atoms with Gasteiger partial charge >= 0.3 is 0 Å². The van der Waals surface area contributed by atoms with Crippen molar-refractivity contribution in [2.24, 2.45) is 5.73 Å². The van der Waals surface area contributed by atoms with Gasteiger partial charge in [-0.05, 0) is 31.5 Å². The minimum absolute atomic E-state index is 0.0961. The molecule has 17 heavy (non-hydrogen) atoms. The van der Waals surface area contributed by atoms with Gasteiger partial charge in [0.25, 0.3) is 0 Å². The van der Waals surface area contributed by atoms with E-state index in [1.54, 1.807) is 6.07 Å². The molecule has 2 rings (SSSR count). The zero-order valence-corrected chi connectivity index (χ0v) is 9.83. The minimum Gasteiger partial charge on any atom is -0.370 e. The zero-order valence-electron chi connectivity index (χ0n) is 9.83. The third-order valence-electron chi connectivity index (χ3n) is 2.73. The van der Waals surface area contributed by atoms with E-state index in [9.17, 15) is 9.59 Å². The number of fused-ring (bicyclic) bond motifs is 1. The van der Waals surface area contributed by atoms with Gasteiger partial charge in [-0.15, -0.1) is 0 Å². The van der Waals surface area contributed by atoms with E-state index in [4.69, 9.17) is 5.73 Å². The fourth-order valence-electron chi connectivity index (χ4n) is 1.79. The Morgan fingerprint density at radius 3 is 2.71 bits per heavy atom. The molecule has 5 nitrogen and oxygen atoms in total. The molecule has 0 bridgehead atoms. The molecular formula is C12H15N3O2. The monoisotopic (exact) mass is 233 g/mol. The van der Waals surface area contributed by atoms with E-state index in [1.165, 1.54) is 0 Å². The molecule has 1 aromatic rings. The van der Waals surface area contributed by atoms with E-state index in [2.05, 4.69) is 10.6 Å². The first-order valence-electron chi connectivity index (χ1n) is 5.39. The van der Waals surface area contributed by atoms with Crippen LogP contribution in [0, 0.1) is 0 Å². The van der Waals surface area contributed by atoms with E-state index in [-0.39, 0.29) is 18.2 Å². The maximum Gasteiger partial charge on any atom is 0.249 e. The van der Waals surface area contributed by atoms with Gasteiger partial charge < -0.3 is 16.4 Å². The van der Waals surface area contributed by atoms with E-state index in [1.807, 2.05) is 26.0 Å². The Hall–Kier alpha value is -2.04. The second-order valence-corrected chi connectivity index (χ2v) is 4.73. The van der Waals surface area contributed by atoms with Gasteiger partial charge in [-0.1, -0.05) is 6.07 Å². The molecule has 0 radical (unpaired) electrons. The van der Waals surface area contributed by atoms with Crippen molar-refractivity contribution in [3.63, 3.8) is 0 Å². The van der Waals surface area contributed by atoms with Gasteiger partial charge in [0.15, 0.2) is 0 Å². The topological polar surface area (TPSA) is 84.2 Å². The molecule has 90 valence electrons. The molecule has 1 aliphatic rings. The molecule has 0 aliphatic carbocycles. The summed E-state index contributed by atoms with van der Waals surface area (Å²) < 4.78 is 0. The van der Waals surface area contributed by atoms with Gasteiger partial charge in [-0.2, -0.15) is 0 Å². The number of hydrogen-bond acceptors (Lipinski definition) is 3. The molecule has 0 saturated carbocycles. The Morgan fingerprint density at radius 1 is 1.35 bits per heavy atom. The van der Waals surface area contributed by atoms with Gasteiger partial charge in [0, 0.05) is 0 Å². The van der Waals surface area contributed by atoms with Crippen LogP contribution in [0.3, 0.4) is 0 Å². The highest BCUT2D eigenvalue weighted by molar-refractivity contribution is 6.05. The number of rotatable bonds is 2. The van der Waals surface area contributed by atoms with Crippen molar-refractivity contribution in [3.8, 4) is 0 Å². The lowest BCUT2D eigenvalue weighted by Gasteiger charge is -2.32. The molecule has 1 aromatic carbocycles. The van der Waals surface area contributed by atoms with Crippen LogP contribution in [0.2, 0.25) is 0 Å². The molecule has 0 saturated heterocycles. The summed E-state index contributed by atoms with van der Waals surface area (Å²) in [4.78, 5) is 22.6. The predicted octanol–water partition coefficient (Wildman–Crippen LogP) is 0.857. The van der Waals surface area contributed by atoms with Crippen molar-refractivity contribution in [2.45, 2.75) is 25.8 Å². The number of amides is 2. The number of benzene rings is 1. The van der Waals surface area contributed by atoms with E-state index >= 15 is 0 Å². The fourth-order valence-corrected chi connectivity index (χ4v) is 1.79. The second kappa shape index (κ2) is 3.76.